The van der Waals surface area contributed by atoms with E-state index in [0.29, 0.717) is 23.3 Å². The molecule has 6 rings (SSSR count). The molecule has 3 aliphatic heterocycles. The Kier molecular flexibility index (Phi) is 7.16. The van der Waals surface area contributed by atoms with Gasteiger partial charge in [-0.1, -0.05) is 17.7 Å². The number of rotatable bonds is 6. The van der Waals surface area contributed by atoms with E-state index in [2.05, 4.69) is 22.2 Å². The predicted molar refractivity (Wildman–Crippen MR) is 151 cm³/mol. The van der Waals surface area contributed by atoms with Gasteiger partial charge in [0.2, 0.25) is 0 Å². The van der Waals surface area contributed by atoms with Gasteiger partial charge in [-0.05, 0) is 63.3 Å². The van der Waals surface area contributed by atoms with Crippen molar-refractivity contribution in [2.45, 2.75) is 38.7 Å². The maximum Gasteiger partial charge on any atom is 0.319 e. The number of hydrogen-bond acceptors (Lipinski definition) is 8. The summed E-state index contributed by atoms with van der Waals surface area (Å²) in [7, 11) is 2.11. The third kappa shape index (κ3) is 4.96. The third-order valence-electron chi connectivity index (χ3n) is 8.45. The molecule has 3 aliphatic rings. The van der Waals surface area contributed by atoms with E-state index < -0.39 is 5.82 Å². The number of piperidine rings is 2. The van der Waals surface area contributed by atoms with Crippen LogP contribution in [-0.2, 0) is 0 Å². The van der Waals surface area contributed by atoms with Crippen molar-refractivity contribution in [1.29, 1.82) is 0 Å². The van der Waals surface area contributed by atoms with Crippen molar-refractivity contribution in [3.63, 3.8) is 0 Å². The van der Waals surface area contributed by atoms with Crippen molar-refractivity contribution in [3.05, 3.63) is 35.1 Å². The number of hydrogen-bond donors (Lipinski definition) is 2. The molecule has 0 saturated carbocycles. The number of fused-ring (bicyclic) bond motifs is 1. The number of nitrogens with one attached hydrogen (secondary N) is 1. The smallest absolute Gasteiger partial charge is 0.319 e. The number of nitrogens with zero attached hydrogens (tertiary/aromatic N) is 4. The molecule has 8 nitrogen and oxygen atoms in total. The SMILES string of the molecule is CCOc1c(-c2c(O)cccc2F)c(Cl)cc2c(N3CCC4(CC3)CNC4)nc(OC3CCN(C)CC3)nc12. The van der Waals surface area contributed by atoms with Crippen LogP contribution in [0.5, 0.6) is 17.5 Å². The summed E-state index contributed by atoms with van der Waals surface area (Å²) in [5.74, 6) is 0.251. The maximum absolute atomic E-state index is 15.1. The molecule has 4 heterocycles. The van der Waals surface area contributed by atoms with Crippen molar-refractivity contribution < 1.29 is 19.0 Å². The number of phenols is 1. The monoisotopic (exact) mass is 555 g/mol. The molecule has 0 aliphatic carbocycles. The highest BCUT2D eigenvalue weighted by Gasteiger charge is 2.40. The Morgan fingerprint density at radius 3 is 2.51 bits per heavy atom. The fraction of sp³-hybridized carbons (Fsp3) is 0.517. The van der Waals surface area contributed by atoms with Crippen LogP contribution in [0.15, 0.2) is 24.3 Å². The van der Waals surface area contributed by atoms with Gasteiger partial charge in [0.15, 0.2) is 5.75 Å². The zero-order valence-corrected chi connectivity index (χ0v) is 23.2. The summed E-state index contributed by atoms with van der Waals surface area (Å²) in [6, 6.07) is 6.24. The summed E-state index contributed by atoms with van der Waals surface area (Å²) >= 11 is 6.84. The van der Waals surface area contributed by atoms with Gasteiger partial charge in [-0.3, -0.25) is 0 Å². The molecular formula is C29H35ClFN5O3. The molecule has 0 bridgehead atoms. The minimum absolute atomic E-state index is 0.00935. The van der Waals surface area contributed by atoms with Gasteiger partial charge >= 0.3 is 6.01 Å². The molecule has 3 saturated heterocycles. The molecule has 2 aromatic carbocycles. The van der Waals surface area contributed by atoms with Crippen molar-refractivity contribution in [3.8, 4) is 28.6 Å². The molecule has 3 aromatic rings. The molecule has 1 spiro atoms. The van der Waals surface area contributed by atoms with Gasteiger partial charge in [0, 0.05) is 44.7 Å². The van der Waals surface area contributed by atoms with Gasteiger partial charge in [0.05, 0.1) is 22.8 Å². The lowest BCUT2D eigenvalue weighted by molar-refractivity contribution is 0.105. The van der Waals surface area contributed by atoms with E-state index in [1.54, 1.807) is 6.07 Å². The van der Waals surface area contributed by atoms with Crippen LogP contribution in [0.3, 0.4) is 0 Å². The van der Waals surface area contributed by atoms with Gasteiger partial charge < -0.3 is 29.7 Å². The topological polar surface area (TPSA) is 83.0 Å². The molecule has 1 aromatic heterocycles. The van der Waals surface area contributed by atoms with Crippen molar-refractivity contribution >= 4 is 28.3 Å². The predicted octanol–water partition coefficient (Wildman–Crippen LogP) is 4.86. The number of likely N-dealkylation sites (tertiary alicyclic amines) is 1. The highest BCUT2D eigenvalue weighted by molar-refractivity contribution is 6.35. The van der Waals surface area contributed by atoms with E-state index >= 15 is 4.39 Å². The first-order valence-electron chi connectivity index (χ1n) is 13.8. The molecule has 0 unspecified atom stereocenters. The van der Waals surface area contributed by atoms with E-state index in [4.69, 9.17) is 31.0 Å². The summed E-state index contributed by atoms with van der Waals surface area (Å²) < 4.78 is 27.6. The number of aromatic nitrogens is 2. The summed E-state index contributed by atoms with van der Waals surface area (Å²) in [6.45, 7) is 7.90. The maximum atomic E-state index is 15.1. The molecule has 10 heteroatoms. The molecule has 0 atom stereocenters. The molecule has 0 amide bonds. The summed E-state index contributed by atoms with van der Waals surface area (Å²) in [5, 5.41) is 15.0. The van der Waals surface area contributed by atoms with Crippen LogP contribution in [0.4, 0.5) is 10.2 Å². The van der Waals surface area contributed by atoms with E-state index in [1.165, 1.54) is 18.2 Å². The molecule has 39 heavy (non-hydrogen) atoms. The van der Waals surface area contributed by atoms with Crippen molar-refractivity contribution in [2.24, 2.45) is 5.41 Å². The number of anilines is 1. The standard InChI is InChI=1S/C29H35ClFN5O3/c1-3-38-26-23(24-21(31)5-4-6-22(24)37)20(30)15-19-25(26)33-28(39-18-7-11-35(2)12-8-18)34-27(19)36-13-9-29(10-14-36)16-32-17-29/h4-6,15,18,32,37H,3,7-14,16-17H2,1-2H3. The van der Waals surface area contributed by atoms with Crippen LogP contribution < -0.4 is 19.7 Å². The number of benzene rings is 2. The van der Waals surface area contributed by atoms with Crippen LogP contribution in [0.2, 0.25) is 5.02 Å². The van der Waals surface area contributed by atoms with Crippen LogP contribution in [0.1, 0.15) is 32.6 Å². The molecule has 2 N–H and O–H groups in total. The second kappa shape index (κ2) is 10.6. The van der Waals surface area contributed by atoms with E-state index in [9.17, 15) is 5.11 Å². The zero-order valence-electron chi connectivity index (χ0n) is 22.5. The average Bonchev–Trinajstić information content (AvgIpc) is 2.90. The normalized spacial score (nSPS) is 19.8. The molecule has 3 fully saturated rings. The van der Waals surface area contributed by atoms with Gasteiger partial charge in [0.1, 0.15) is 29.0 Å². The minimum atomic E-state index is -0.593. The lowest BCUT2D eigenvalue weighted by Crippen LogP contribution is -2.58. The van der Waals surface area contributed by atoms with Crippen molar-refractivity contribution in [1.82, 2.24) is 20.2 Å². The summed E-state index contributed by atoms with van der Waals surface area (Å²) in [4.78, 5) is 14.3. The highest BCUT2D eigenvalue weighted by atomic mass is 35.5. The van der Waals surface area contributed by atoms with Gasteiger partial charge in [-0.15, -0.1) is 0 Å². The van der Waals surface area contributed by atoms with Gasteiger partial charge in [-0.25, -0.2) is 4.39 Å². The van der Waals surface area contributed by atoms with Crippen molar-refractivity contribution in [2.75, 3.05) is 57.8 Å². The van der Waals surface area contributed by atoms with E-state index in [-0.39, 0.29) is 34.0 Å². The van der Waals surface area contributed by atoms with Crippen LogP contribution in [0, 0.1) is 11.2 Å². The summed E-state index contributed by atoms with van der Waals surface area (Å²) in [5.41, 5.74) is 1.13. The molecular weight excluding hydrogens is 521 g/mol. The Balaban J connectivity index is 1.50. The van der Waals surface area contributed by atoms with Crippen LogP contribution >= 0.6 is 11.6 Å². The first kappa shape index (κ1) is 26.3. The lowest BCUT2D eigenvalue weighted by atomic mass is 9.73. The largest absolute Gasteiger partial charge is 0.507 e. The Morgan fingerprint density at radius 1 is 1.13 bits per heavy atom. The Bertz CT molecular complexity index is 1350. The summed E-state index contributed by atoms with van der Waals surface area (Å²) in [6.07, 6.45) is 3.93. The molecule has 0 radical (unpaired) electrons. The fourth-order valence-electron chi connectivity index (χ4n) is 6.02. The number of aromatic hydroxyl groups is 1. The highest BCUT2D eigenvalue weighted by Crippen LogP contribution is 2.48. The first-order valence-corrected chi connectivity index (χ1v) is 14.2. The second-order valence-corrected chi connectivity index (χ2v) is 11.5. The van der Waals surface area contributed by atoms with Crippen LogP contribution in [0.25, 0.3) is 22.0 Å². The number of ether oxygens (including phenoxy) is 2. The quantitative estimate of drug-likeness (QED) is 0.446. The third-order valence-corrected chi connectivity index (χ3v) is 8.75. The number of phenolic OH excluding ortho intramolecular Hbond substituents is 1. The van der Waals surface area contributed by atoms with Gasteiger partial charge in [0.25, 0.3) is 0 Å². The Hall–Kier alpha value is -2.88. The second-order valence-electron chi connectivity index (χ2n) is 11.1. The Morgan fingerprint density at radius 2 is 1.87 bits per heavy atom. The zero-order chi connectivity index (χ0) is 27.1. The van der Waals surface area contributed by atoms with E-state index in [0.717, 1.165) is 76.2 Å². The minimum Gasteiger partial charge on any atom is -0.507 e. The average molecular weight is 556 g/mol. The number of halogens is 2. The van der Waals surface area contributed by atoms with Crippen LogP contribution in [-0.4, -0.2) is 79.0 Å². The Labute approximate surface area is 233 Å². The van der Waals surface area contributed by atoms with Gasteiger partial charge in [-0.2, -0.15) is 9.97 Å². The van der Waals surface area contributed by atoms with E-state index in [1.807, 2.05) is 6.92 Å². The molecule has 208 valence electrons. The lowest BCUT2D eigenvalue weighted by Gasteiger charge is -2.48. The first-order chi connectivity index (χ1) is 18.9. The fourth-order valence-corrected chi connectivity index (χ4v) is 6.31.